The molecule has 2 aromatic carbocycles. The fourth-order valence-corrected chi connectivity index (χ4v) is 3.35. The second-order valence-electron chi connectivity index (χ2n) is 8.38. The number of ether oxygens (including phenoxy) is 5. The largest absolute Gasteiger partial charge is 0.573 e. The van der Waals surface area contributed by atoms with Crippen molar-refractivity contribution in [2.75, 3.05) is 14.2 Å². The summed E-state index contributed by atoms with van der Waals surface area (Å²) in [6.45, 7) is 5.16. The van der Waals surface area contributed by atoms with Crippen molar-refractivity contribution >= 4 is 5.97 Å². The van der Waals surface area contributed by atoms with E-state index in [1.54, 1.807) is 43.8 Å². The zero-order chi connectivity index (χ0) is 26.7. The van der Waals surface area contributed by atoms with E-state index < -0.39 is 17.9 Å². The topological polar surface area (TPSA) is 81.0 Å². The molecule has 0 aliphatic heterocycles. The van der Waals surface area contributed by atoms with Crippen molar-refractivity contribution in [2.24, 2.45) is 7.05 Å². The molecule has 0 spiro atoms. The predicted molar refractivity (Wildman–Crippen MR) is 124 cm³/mol. The number of aryl methyl sites for hydroxylation is 2. The van der Waals surface area contributed by atoms with Crippen LogP contribution in [-0.4, -0.2) is 41.9 Å². The first kappa shape index (κ1) is 26.7. The van der Waals surface area contributed by atoms with E-state index in [0.717, 1.165) is 5.56 Å². The Morgan fingerprint density at radius 1 is 0.972 bits per heavy atom. The van der Waals surface area contributed by atoms with Crippen molar-refractivity contribution < 1.29 is 41.7 Å². The molecule has 11 heteroatoms. The highest BCUT2D eigenvalue weighted by Gasteiger charge is 2.32. The van der Waals surface area contributed by atoms with Crippen LogP contribution >= 0.6 is 0 Å². The van der Waals surface area contributed by atoms with Crippen molar-refractivity contribution in [3.8, 4) is 34.3 Å². The molecule has 194 valence electrons. The molecule has 0 aliphatic rings. The summed E-state index contributed by atoms with van der Waals surface area (Å²) < 4.78 is 64.7. The van der Waals surface area contributed by atoms with Gasteiger partial charge in [0.05, 0.1) is 25.6 Å². The van der Waals surface area contributed by atoms with E-state index >= 15 is 0 Å². The van der Waals surface area contributed by atoms with Crippen LogP contribution in [-0.2, 0) is 23.2 Å². The number of methoxy groups -OCH3 is 2. The second-order valence-corrected chi connectivity index (χ2v) is 8.38. The number of aromatic nitrogens is 2. The molecule has 0 amide bonds. The number of carbonyl (C=O) groups excluding carboxylic acids is 1. The Kier molecular flexibility index (Phi) is 7.71. The number of benzene rings is 2. The lowest BCUT2D eigenvalue weighted by molar-refractivity contribution is -0.274. The molecule has 0 N–H and O–H groups in total. The highest BCUT2D eigenvalue weighted by Crippen LogP contribution is 2.37. The van der Waals surface area contributed by atoms with Crippen molar-refractivity contribution in [3.05, 3.63) is 53.7 Å². The number of halogens is 3. The van der Waals surface area contributed by atoms with Crippen LogP contribution < -0.4 is 18.9 Å². The Morgan fingerprint density at radius 2 is 1.64 bits per heavy atom. The summed E-state index contributed by atoms with van der Waals surface area (Å²) in [6.07, 6.45) is -4.75. The maximum Gasteiger partial charge on any atom is 0.573 e. The number of alkyl halides is 3. The van der Waals surface area contributed by atoms with Gasteiger partial charge in [-0.1, -0.05) is 0 Å². The molecule has 8 nitrogen and oxygen atoms in total. The van der Waals surface area contributed by atoms with E-state index in [1.807, 2.05) is 6.92 Å². The zero-order valence-electron chi connectivity index (χ0n) is 20.7. The van der Waals surface area contributed by atoms with E-state index in [9.17, 15) is 18.0 Å². The molecule has 3 aromatic rings. The lowest BCUT2D eigenvalue weighted by Gasteiger charge is -2.25. The standard InChI is InChI=1S/C25H27F3N2O6/c1-15-11-22(21(32-5)13-20(15)36-24(2,3)23(31)33-6)34-14-17-12-19(29-30(17)4)16-7-9-18(10-8-16)35-25(26,27)28/h7-13H,14H2,1-6H3. The van der Waals surface area contributed by atoms with Crippen LogP contribution in [0.25, 0.3) is 11.3 Å². The molecular weight excluding hydrogens is 481 g/mol. The minimum atomic E-state index is -4.75. The van der Waals surface area contributed by atoms with Crippen LogP contribution in [0.5, 0.6) is 23.0 Å². The Hall–Kier alpha value is -3.89. The number of esters is 1. The minimum absolute atomic E-state index is 0.141. The Morgan fingerprint density at radius 3 is 2.22 bits per heavy atom. The van der Waals surface area contributed by atoms with Crippen molar-refractivity contribution in [1.82, 2.24) is 9.78 Å². The van der Waals surface area contributed by atoms with Gasteiger partial charge in [0, 0.05) is 18.7 Å². The van der Waals surface area contributed by atoms with Gasteiger partial charge in [0.25, 0.3) is 0 Å². The van der Waals surface area contributed by atoms with E-state index in [0.29, 0.717) is 34.2 Å². The van der Waals surface area contributed by atoms with Crippen LogP contribution in [0.3, 0.4) is 0 Å². The number of hydrogen-bond donors (Lipinski definition) is 0. The van der Waals surface area contributed by atoms with Crippen molar-refractivity contribution in [2.45, 2.75) is 39.3 Å². The summed E-state index contributed by atoms with van der Waals surface area (Å²) >= 11 is 0. The van der Waals surface area contributed by atoms with Gasteiger partial charge >= 0.3 is 12.3 Å². The number of hydrogen-bond acceptors (Lipinski definition) is 7. The van der Waals surface area contributed by atoms with Crippen LogP contribution in [0.1, 0.15) is 25.1 Å². The molecule has 0 atom stereocenters. The molecule has 36 heavy (non-hydrogen) atoms. The van der Waals surface area contributed by atoms with Gasteiger partial charge in [0.1, 0.15) is 18.1 Å². The van der Waals surface area contributed by atoms with Gasteiger partial charge in [-0.05, 0) is 62.7 Å². The molecule has 0 aliphatic carbocycles. The molecule has 1 aromatic heterocycles. The fourth-order valence-electron chi connectivity index (χ4n) is 3.35. The molecule has 0 fully saturated rings. The normalized spacial score (nSPS) is 11.7. The average molecular weight is 508 g/mol. The van der Waals surface area contributed by atoms with E-state index in [1.165, 1.54) is 38.5 Å². The van der Waals surface area contributed by atoms with Gasteiger partial charge in [-0.25, -0.2) is 4.79 Å². The van der Waals surface area contributed by atoms with Gasteiger partial charge in [0.15, 0.2) is 17.1 Å². The van der Waals surface area contributed by atoms with E-state index in [2.05, 4.69) is 9.84 Å². The first-order chi connectivity index (χ1) is 16.8. The molecule has 0 unspecified atom stereocenters. The minimum Gasteiger partial charge on any atom is -0.493 e. The lowest BCUT2D eigenvalue weighted by Crippen LogP contribution is -2.39. The van der Waals surface area contributed by atoms with E-state index in [-0.39, 0.29) is 12.4 Å². The SMILES string of the molecule is COC(=O)C(C)(C)Oc1cc(OC)c(OCc2cc(-c3ccc(OC(F)(F)F)cc3)nn2C)cc1C. The summed E-state index contributed by atoms with van der Waals surface area (Å²) in [7, 11) is 4.51. The van der Waals surface area contributed by atoms with Crippen molar-refractivity contribution in [3.63, 3.8) is 0 Å². The van der Waals surface area contributed by atoms with Crippen LogP contribution in [0.4, 0.5) is 13.2 Å². The first-order valence-corrected chi connectivity index (χ1v) is 10.8. The van der Waals surface area contributed by atoms with Gasteiger partial charge in [-0.15, -0.1) is 13.2 Å². The van der Waals surface area contributed by atoms with Gasteiger partial charge in [0.2, 0.25) is 0 Å². The molecule has 1 heterocycles. The smallest absolute Gasteiger partial charge is 0.493 e. The molecule has 0 radical (unpaired) electrons. The second kappa shape index (κ2) is 10.4. The molecular formula is C25H27F3N2O6. The third-order valence-electron chi connectivity index (χ3n) is 5.24. The molecule has 0 saturated carbocycles. The summed E-state index contributed by atoms with van der Waals surface area (Å²) in [5.41, 5.74) is 1.41. The van der Waals surface area contributed by atoms with Gasteiger partial charge in [-0.3, -0.25) is 4.68 Å². The summed E-state index contributed by atoms with van der Waals surface area (Å²) in [6, 6.07) is 10.6. The highest BCUT2D eigenvalue weighted by atomic mass is 19.4. The Bertz CT molecular complexity index is 1220. The van der Waals surface area contributed by atoms with Crippen molar-refractivity contribution in [1.29, 1.82) is 0 Å². The summed E-state index contributed by atoms with van der Waals surface area (Å²) in [4.78, 5) is 12.0. The Labute approximate surface area is 206 Å². The monoisotopic (exact) mass is 508 g/mol. The quantitative estimate of drug-likeness (QED) is 0.367. The summed E-state index contributed by atoms with van der Waals surface area (Å²) in [5, 5.41) is 4.42. The average Bonchev–Trinajstić information content (AvgIpc) is 3.18. The molecule has 3 rings (SSSR count). The third-order valence-corrected chi connectivity index (χ3v) is 5.24. The highest BCUT2D eigenvalue weighted by molar-refractivity contribution is 5.79. The first-order valence-electron chi connectivity index (χ1n) is 10.8. The maximum atomic E-state index is 12.4. The third kappa shape index (κ3) is 6.41. The lowest BCUT2D eigenvalue weighted by atomic mass is 10.1. The predicted octanol–water partition coefficient (Wildman–Crippen LogP) is 5.21. The van der Waals surface area contributed by atoms with Gasteiger partial charge < -0.3 is 23.7 Å². The van der Waals surface area contributed by atoms with Crippen LogP contribution in [0, 0.1) is 6.92 Å². The van der Waals surface area contributed by atoms with Crippen LogP contribution in [0.2, 0.25) is 0 Å². The number of nitrogens with zero attached hydrogens (tertiary/aromatic N) is 2. The van der Waals surface area contributed by atoms with Gasteiger partial charge in [-0.2, -0.15) is 5.10 Å². The maximum absolute atomic E-state index is 12.4. The van der Waals surface area contributed by atoms with E-state index in [4.69, 9.17) is 18.9 Å². The van der Waals surface area contributed by atoms with Crippen LogP contribution in [0.15, 0.2) is 42.5 Å². The Balaban J connectivity index is 1.75. The molecule has 0 bridgehead atoms. The molecule has 0 saturated heterocycles. The fraction of sp³-hybridized carbons (Fsp3) is 0.360. The zero-order valence-corrected chi connectivity index (χ0v) is 20.7. The number of rotatable bonds is 9. The number of carbonyl (C=O) groups is 1. The summed E-state index contributed by atoms with van der Waals surface area (Å²) in [5.74, 6) is 0.468.